The first kappa shape index (κ1) is 67.4. The van der Waals surface area contributed by atoms with Gasteiger partial charge in [0, 0.05) is 19.3 Å². The van der Waals surface area contributed by atoms with Gasteiger partial charge in [0.15, 0.2) is 6.10 Å². The quantitative estimate of drug-likeness (QED) is 0.0197. The smallest absolute Gasteiger partial charge is 0.462 e. The van der Waals surface area contributed by atoms with Crippen LogP contribution in [0.25, 0.3) is 0 Å². The van der Waals surface area contributed by atoms with Crippen LogP contribution >= 0.6 is 7.82 Å². The molecule has 0 aromatic carbocycles. The van der Waals surface area contributed by atoms with Gasteiger partial charge in [-0.2, -0.15) is 0 Å². The Morgan fingerprint density at radius 1 is 0.414 bits per heavy atom. The average Bonchev–Trinajstić information content (AvgIpc) is 3.35. The molecule has 0 fully saturated rings. The highest BCUT2D eigenvalue weighted by Crippen LogP contribution is 2.43. The fourth-order valence-corrected chi connectivity index (χ4v) is 8.68. The number of hydrogen-bond donors (Lipinski definition) is 2. The molecule has 0 amide bonds. The molecule has 2 N–H and O–H groups in total. The lowest BCUT2D eigenvalue weighted by molar-refractivity contribution is -0.161. The number of aliphatic hydroxyl groups is 1. The highest BCUT2D eigenvalue weighted by Gasteiger charge is 2.28. The number of rotatable bonds is 53. The maximum atomic E-state index is 12.9. The summed E-state index contributed by atoms with van der Waals surface area (Å²) >= 11 is 0. The van der Waals surface area contributed by atoms with Crippen LogP contribution in [-0.4, -0.2) is 66.5 Å². The summed E-state index contributed by atoms with van der Waals surface area (Å²) in [7, 11) is -4.75. The molecule has 0 spiro atoms. The number of carbonyl (C=O) groups excluding carboxylic acids is 3. The third-order valence-electron chi connectivity index (χ3n) is 12.2. The zero-order valence-electron chi connectivity index (χ0n) is 45.0. The van der Waals surface area contributed by atoms with E-state index in [1.807, 2.05) is 0 Å². The summed E-state index contributed by atoms with van der Waals surface area (Å²) in [6.45, 7) is 4.52. The molecule has 0 radical (unpaired) electrons. The van der Waals surface area contributed by atoms with Crippen molar-refractivity contribution in [2.24, 2.45) is 0 Å². The molecule has 12 heteroatoms. The Kier molecular flexibility index (Phi) is 50.8. The molecule has 0 aromatic heterocycles. The minimum atomic E-state index is -4.75. The van der Waals surface area contributed by atoms with Gasteiger partial charge in [-0.25, -0.2) is 4.57 Å². The van der Waals surface area contributed by atoms with Crippen LogP contribution in [0.3, 0.4) is 0 Å². The second-order valence-electron chi connectivity index (χ2n) is 19.1. The number of phosphoric acid groups is 1. The molecule has 11 nitrogen and oxygen atoms in total. The molecule has 0 saturated carbocycles. The normalized spacial score (nSPS) is 13.7. The Hall–Kier alpha value is -2.56. The maximum Gasteiger partial charge on any atom is 0.472 e. The van der Waals surface area contributed by atoms with Crippen LogP contribution in [0.2, 0.25) is 0 Å². The van der Waals surface area contributed by atoms with Crippen molar-refractivity contribution in [2.45, 2.75) is 277 Å². The van der Waals surface area contributed by atoms with Gasteiger partial charge in [-0.15, -0.1) is 0 Å². The molecule has 70 heavy (non-hydrogen) atoms. The van der Waals surface area contributed by atoms with E-state index in [1.54, 1.807) is 0 Å². The average molecular weight is 1010 g/mol. The van der Waals surface area contributed by atoms with Gasteiger partial charge in [-0.1, -0.05) is 217 Å². The molecule has 3 unspecified atom stereocenters. The SMILES string of the molecule is CC/C=C\C/C=C\C/C=C\CCCCCCCCCC(=O)OC(COC(=O)CCCCCCCCCCCCCCC)COP(=O)(O)OCC(CO)OC(=O)CCCCCCC/C=C\CCCCCC. The van der Waals surface area contributed by atoms with E-state index in [4.69, 9.17) is 23.3 Å². The molecule has 0 rings (SSSR count). The third kappa shape index (κ3) is 50.4. The number of ether oxygens (including phenoxy) is 3. The fraction of sp³-hybridized carbons (Fsp3) is 0.810. The second kappa shape index (κ2) is 52.8. The van der Waals surface area contributed by atoms with Gasteiger partial charge in [0.25, 0.3) is 0 Å². The first-order valence-electron chi connectivity index (χ1n) is 28.5. The molecule has 0 aromatic rings. The molecular weight excluding hydrogens is 904 g/mol. The Labute approximate surface area is 428 Å². The first-order chi connectivity index (χ1) is 34.2. The minimum absolute atomic E-state index is 0.158. The van der Waals surface area contributed by atoms with Gasteiger partial charge in [0.2, 0.25) is 0 Å². The van der Waals surface area contributed by atoms with E-state index in [0.717, 1.165) is 109 Å². The molecule has 3 atom stereocenters. The number of hydrogen-bond acceptors (Lipinski definition) is 10. The molecule has 0 aliphatic rings. The van der Waals surface area contributed by atoms with Gasteiger partial charge in [-0.05, 0) is 77.0 Å². The number of allylic oxidation sites excluding steroid dienone is 8. The van der Waals surface area contributed by atoms with Crippen molar-refractivity contribution < 1.29 is 52.2 Å². The highest BCUT2D eigenvalue weighted by atomic mass is 31.2. The van der Waals surface area contributed by atoms with Crippen LogP contribution in [-0.2, 0) is 42.2 Å². The Morgan fingerprint density at radius 2 is 0.743 bits per heavy atom. The van der Waals surface area contributed by atoms with Crippen molar-refractivity contribution in [3.8, 4) is 0 Å². The van der Waals surface area contributed by atoms with Crippen LogP contribution in [0, 0.1) is 0 Å². The predicted octanol–water partition coefficient (Wildman–Crippen LogP) is 16.6. The fourth-order valence-electron chi connectivity index (χ4n) is 7.90. The zero-order chi connectivity index (χ0) is 51.3. The number of aliphatic hydroxyl groups excluding tert-OH is 1. The van der Waals surface area contributed by atoms with Crippen LogP contribution in [0.15, 0.2) is 48.6 Å². The lowest BCUT2D eigenvalue weighted by Gasteiger charge is -2.21. The van der Waals surface area contributed by atoms with Crippen molar-refractivity contribution in [2.75, 3.05) is 26.4 Å². The molecule has 0 aliphatic carbocycles. The Bertz CT molecular complexity index is 1360. The van der Waals surface area contributed by atoms with Gasteiger partial charge in [0.1, 0.15) is 12.7 Å². The zero-order valence-corrected chi connectivity index (χ0v) is 45.9. The monoisotopic (exact) mass is 1010 g/mol. The number of carbonyl (C=O) groups is 3. The number of unbranched alkanes of at least 4 members (excludes halogenated alkanes) is 28. The van der Waals surface area contributed by atoms with E-state index in [-0.39, 0.29) is 25.9 Å². The van der Waals surface area contributed by atoms with Gasteiger partial charge < -0.3 is 24.2 Å². The van der Waals surface area contributed by atoms with Gasteiger partial charge >= 0.3 is 25.7 Å². The number of esters is 3. The third-order valence-corrected chi connectivity index (χ3v) is 13.2. The van der Waals surface area contributed by atoms with E-state index in [0.29, 0.717) is 19.3 Å². The van der Waals surface area contributed by atoms with Crippen molar-refractivity contribution in [1.82, 2.24) is 0 Å². The summed E-state index contributed by atoms with van der Waals surface area (Å²) in [5.74, 6) is -1.47. The van der Waals surface area contributed by atoms with E-state index >= 15 is 0 Å². The summed E-state index contributed by atoms with van der Waals surface area (Å²) in [5.41, 5.74) is 0. The van der Waals surface area contributed by atoms with Crippen LogP contribution in [0.4, 0.5) is 0 Å². The van der Waals surface area contributed by atoms with Crippen molar-refractivity contribution in [3.05, 3.63) is 48.6 Å². The summed E-state index contributed by atoms with van der Waals surface area (Å²) in [4.78, 5) is 48.5. The molecule has 0 saturated heterocycles. The van der Waals surface area contributed by atoms with Crippen molar-refractivity contribution in [3.63, 3.8) is 0 Å². The summed E-state index contributed by atoms with van der Waals surface area (Å²) in [6, 6.07) is 0. The van der Waals surface area contributed by atoms with E-state index in [2.05, 4.69) is 69.4 Å². The topological polar surface area (TPSA) is 155 Å². The largest absolute Gasteiger partial charge is 0.472 e. The second-order valence-corrected chi connectivity index (χ2v) is 20.5. The van der Waals surface area contributed by atoms with E-state index in [1.165, 1.54) is 96.3 Å². The minimum Gasteiger partial charge on any atom is -0.462 e. The molecule has 408 valence electrons. The summed E-state index contributed by atoms with van der Waals surface area (Å²) in [6.07, 6.45) is 54.9. The maximum absolute atomic E-state index is 12.9. The Balaban J connectivity index is 4.72. The lowest BCUT2D eigenvalue weighted by Crippen LogP contribution is -2.30. The van der Waals surface area contributed by atoms with Crippen molar-refractivity contribution >= 4 is 25.7 Å². The molecule has 0 heterocycles. The summed E-state index contributed by atoms with van der Waals surface area (Å²) < 4.78 is 39.5. The van der Waals surface area contributed by atoms with Crippen molar-refractivity contribution in [1.29, 1.82) is 0 Å². The van der Waals surface area contributed by atoms with E-state index in [9.17, 15) is 28.9 Å². The summed E-state index contributed by atoms with van der Waals surface area (Å²) in [5, 5.41) is 9.80. The van der Waals surface area contributed by atoms with Crippen LogP contribution in [0.1, 0.15) is 265 Å². The molecule has 0 aliphatic heterocycles. The van der Waals surface area contributed by atoms with E-state index < -0.39 is 57.8 Å². The van der Waals surface area contributed by atoms with Gasteiger partial charge in [-0.3, -0.25) is 23.4 Å². The Morgan fingerprint density at radius 3 is 1.17 bits per heavy atom. The predicted molar refractivity (Wildman–Crippen MR) is 289 cm³/mol. The highest BCUT2D eigenvalue weighted by molar-refractivity contribution is 7.47. The lowest BCUT2D eigenvalue weighted by atomic mass is 10.0. The van der Waals surface area contributed by atoms with Crippen LogP contribution < -0.4 is 0 Å². The number of phosphoric ester groups is 1. The van der Waals surface area contributed by atoms with Crippen LogP contribution in [0.5, 0.6) is 0 Å². The van der Waals surface area contributed by atoms with Gasteiger partial charge in [0.05, 0.1) is 19.8 Å². The molecular formula is C58H105O11P. The first-order valence-corrected chi connectivity index (χ1v) is 30.0. The standard InChI is InChI=1S/C58H105O11P/c1-4-7-10-13-16-19-22-25-26-27-28-31-34-37-40-43-46-49-58(62)69-55(51-65-56(60)47-44-41-38-35-32-29-23-20-17-14-11-8-5-2)53-67-70(63,64)66-52-54(50-59)68-57(61)48-45-42-39-36-33-30-24-21-18-15-12-9-6-3/h7,10,16,19,21,24-26,54-55,59H,4-6,8-9,11-15,17-18,20,22-23,27-53H2,1-3H3,(H,63,64)/b10-7-,19-16-,24-21-,26-25-. The molecule has 0 bridgehead atoms.